The molecular weight excluding hydrogens is 274 g/mol. The fourth-order valence-corrected chi connectivity index (χ4v) is 4.18. The summed E-state index contributed by atoms with van der Waals surface area (Å²) in [5.74, 6) is 0. The molecule has 0 bridgehead atoms. The molecule has 112 valence electrons. The Labute approximate surface area is 121 Å². The summed E-state index contributed by atoms with van der Waals surface area (Å²) in [6, 6.07) is 4.98. The number of rotatable bonds is 4. The van der Waals surface area contributed by atoms with E-state index in [0.29, 0.717) is 11.3 Å². The molecule has 1 heterocycles. The molecule has 1 atom stereocenters. The van der Waals surface area contributed by atoms with Gasteiger partial charge in [-0.3, -0.25) is 0 Å². The molecule has 2 rings (SSSR count). The SMILES string of the molecule is CCN1CCCC(NS(=O)(=O)c2cccc(N)c2C)C1. The van der Waals surface area contributed by atoms with Gasteiger partial charge in [0.05, 0.1) is 4.90 Å². The lowest BCUT2D eigenvalue weighted by Gasteiger charge is -2.32. The third-order valence-corrected chi connectivity index (χ3v) is 5.55. The van der Waals surface area contributed by atoms with E-state index in [-0.39, 0.29) is 10.9 Å². The van der Waals surface area contributed by atoms with Crippen LogP contribution >= 0.6 is 0 Å². The minimum absolute atomic E-state index is 0.0190. The van der Waals surface area contributed by atoms with Crippen LogP contribution in [0.1, 0.15) is 25.3 Å². The van der Waals surface area contributed by atoms with Crippen LogP contribution in [0.3, 0.4) is 0 Å². The van der Waals surface area contributed by atoms with E-state index in [1.165, 1.54) is 0 Å². The Morgan fingerprint density at radius 1 is 1.45 bits per heavy atom. The molecule has 0 spiro atoms. The number of nitrogens with zero attached hydrogens (tertiary/aromatic N) is 1. The predicted molar refractivity (Wildman–Crippen MR) is 81.0 cm³/mol. The first kappa shape index (κ1) is 15.3. The summed E-state index contributed by atoms with van der Waals surface area (Å²) in [4.78, 5) is 2.55. The quantitative estimate of drug-likeness (QED) is 0.822. The number of nitrogens with two attached hydrogens (primary N) is 1. The van der Waals surface area contributed by atoms with E-state index in [9.17, 15) is 8.42 Å². The van der Waals surface area contributed by atoms with Crippen molar-refractivity contribution in [2.75, 3.05) is 25.4 Å². The zero-order valence-corrected chi connectivity index (χ0v) is 12.9. The number of sulfonamides is 1. The van der Waals surface area contributed by atoms with Gasteiger partial charge >= 0.3 is 0 Å². The summed E-state index contributed by atoms with van der Waals surface area (Å²) in [5.41, 5.74) is 6.91. The van der Waals surface area contributed by atoms with E-state index in [2.05, 4.69) is 16.5 Å². The van der Waals surface area contributed by atoms with Crippen LogP contribution in [0.4, 0.5) is 5.69 Å². The average molecular weight is 297 g/mol. The number of hydrogen-bond acceptors (Lipinski definition) is 4. The Morgan fingerprint density at radius 3 is 2.90 bits per heavy atom. The van der Waals surface area contributed by atoms with Gasteiger partial charge in [-0.25, -0.2) is 13.1 Å². The van der Waals surface area contributed by atoms with Crippen molar-refractivity contribution >= 4 is 15.7 Å². The van der Waals surface area contributed by atoms with E-state index in [0.717, 1.165) is 32.5 Å². The molecule has 1 aromatic rings. The number of anilines is 1. The van der Waals surface area contributed by atoms with E-state index in [1.807, 2.05) is 0 Å². The van der Waals surface area contributed by atoms with E-state index in [4.69, 9.17) is 5.73 Å². The molecule has 5 nitrogen and oxygen atoms in total. The molecule has 1 aliphatic heterocycles. The summed E-state index contributed by atoms with van der Waals surface area (Å²) in [6.07, 6.45) is 1.91. The Bertz CT molecular complexity index is 572. The second-order valence-corrected chi connectivity index (χ2v) is 7.01. The number of benzene rings is 1. The van der Waals surface area contributed by atoms with Crippen molar-refractivity contribution in [1.29, 1.82) is 0 Å². The Morgan fingerprint density at radius 2 is 2.20 bits per heavy atom. The van der Waals surface area contributed by atoms with Crippen molar-refractivity contribution in [1.82, 2.24) is 9.62 Å². The van der Waals surface area contributed by atoms with E-state index >= 15 is 0 Å². The topological polar surface area (TPSA) is 75.4 Å². The van der Waals surface area contributed by atoms with Crippen LogP contribution < -0.4 is 10.5 Å². The number of nitrogens with one attached hydrogen (secondary N) is 1. The van der Waals surface area contributed by atoms with Gasteiger partial charge < -0.3 is 10.6 Å². The maximum absolute atomic E-state index is 12.5. The van der Waals surface area contributed by atoms with Crippen molar-refractivity contribution < 1.29 is 8.42 Å². The normalized spacial score (nSPS) is 21.0. The second-order valence-electron chi connectivity index (χ2n) is 5.32. The molecule has 1 aromatic carbocycles. The first-order chi connectivity index (χ1) is 9.44. The fourth-order valence-electron chi connectivity index (χ4n) is 2.64. The van der Waals surface area contributed by atoms with Gasteiger partial charge in [0.1, 0.15) is 0 Å². The lowest BCUT2D eigenvalue weighted by atomic mass is 10.1. The van der Waals surface area contributed by atoms with Gasteiger partial charge in [0.15, 0.2) is 0 Å². The van der Waals surface area contributed by atoms with Crippen LogP contribution in [0.15, 0.2) is 23.1 Å². The Balaban J connectivity index is 2.17. The molecule has 20 heavy (non-hydrogen) atoms. The molecule has 1 aliphatic rings. The van der Waals surface area contributed by atoms with Crippen molar-refractivity contribution in [2.24, 2.45) is 0 Å². The lowest BCUT2D eigenvalue weighted by molar-refractivity contribution is 0.211. The molecule has 0 saturated carbocycles. The summed E-state index contributed by atoms with van der Waals surface area (Å²) >= 11 is 0. The molecule has 0 aliphatic carbocycles. The van der Waals surface area contributed by atoms with Crippen molar-refractivity contribution in [2.45, 2.75) is 37.6 Å². The standard InChI is InChI=1S/C14H23N3O2S/c1-3-17-9-5-6-12(10-17)16-20(18,19)14-8-4-7-13(15)11(14)2/h4,7-8,12,16H,3,5-6,9-10,15H2,1-2H3. The maximum Gasteiger partial charge on any atom is 0.241 e. The summed E-state index contributed by atoms with van der Waals surface area (Å²) in [6.45, 7) is 6.61. The molecule has 6 heteroatoms. The molecule has 0 amide bonds. The Kier molecular flexibility index (Phi) is 4.67. The van der Waals surface area contributed by atoms with Crippen molar-refractivity contribution in [3.63, 3.8) is 0 Å². The molecule has 1 saturated heterocycles. The van der Waals surface area contributed by atoms with Gasteiger partial charge in [-0.05, 0) is 50.6 Å². The highest BCUT2D eigenvalue weighted by molar-refractivity contribution is 7.89. The first-order valence-corrected chi connectivity index (χ1v) is 8.52. The molecule has 1 unspecified atom stereocenters. The van der Waals surface area contributed by atoms with Crippen LogP contribution in [0.5, 0.6) is 0 Å². The van der Waals surface area contributed by atoms with Gasteiger partial charge in [0.2, 0.25) is 10.0 Å². The van der Waals surface area contributed by atoms with Crippen LogP contribution in [0.2, 0.25) is 0 Å². The van der Waals surface area contributed by atoms with E-state index < -0.39 is 10.0 Å². The van der Waals surface area contributed by atoms with Crippen molar-refractivity contribution in [3.8, 4) is 0 Å². The molecule has 1 fully saturated rings. The third kappa shape index (κ3) is 3.31. The minimum Gasteiger partial charge on any atom is -0.398 e. The minimum atomic E-state index is -3.50. The monoisotopic (exact) mass is 297 g/mol. The van der Waals surface area contributed by atoms with Crippen LogP contribution in [0.25, 0.3) is 0 Å². The highest BCUT2D eigenvalue weighted by Crippen LogP contribution is 2.21. The highest BCUT2D eigenvalue weighted by atomic mass is 32.2. The first-order valence-electron chi connectivity index (χ1n) is 7.04. The highest BCUT2D eigenvalue weighted by Gasteiger charge is 2.25. The summed E-state index contributed by atoms with van der Waals surface area (Å²) in [7, 11) is -3.50. The zero-order valence-electron chi connectivity index (χ0n) is 12.1. The number of likely N-dealkylation sites (tertiary alicyclic amines) is 1. The number of piperidine rings is 1. The molecular formula is C14H23N3O2S. The van der Waals surface area contributed by atoms with Gasteiger partial charge in [-0.2, -0.15) is 0 Å². The average Bonchev–Trinajstić information content (AvgIpc) is 2.41. The summed E-state index contributed by atoms with van der Waals surface area (Å²) in [5, 5.41) is 0. The predicted octanol–water partition coefficient (Wildman–Crippen LogP) is 1.34. The van der Waals surface area contributed by atoms with Gasteiger partial charge in [0.25, 0.3) is 0 Å². The largest absolute Gasteiger partial charge is 0.398 e. The molecule has 0 radical (unpaired) electrons. The Hall–Kier alpha value is -1.11. The van der Waals surface area contributed by atoms with E-state index in [1.54, 1.807) is 25.1 Å². The maximum atomic E-state index is 12.5. The zero-order chi connectivity index (χ0) is 14.8. The number of hydrogen-bond donors (Lipinski definition) is 2. The molecule has 0 aromatic heterocycles. The number of nitrogen functional groups attached to an aromatic ring is 1. The molecule has 3 N–H and O–H groups in total. The van der Waals surface area contributed by atoms with Crippen LogP contribution in [-0.2, 0) is 10.0 Å². The van der Waals surface area contributed by atoms with Crippen LogP contribution in [0, 0.1) is 6.92 Å². The van der Waals surface area contributed by atoms with Gasteiger partial charge in [-0.15, -0.1) is 0 Å². The number of likely N-dealkylation sites (N-methyl/N-ethyl adjacent to an activating group) is 1. The smallest absolute Gasteiger partial charge is 0.241 e. The van der Waals surface area contributed by atoms with Gasteiger partial charge in [0, 0.05) is 18.3 Å². The second kappa shape index (κ2) is 6.11. The fraction of sp³-hybridized carbons (Fsp3) is 0.571. The van der Waals surface area contributed by atoms with Crippen molar-refractivity contribution in [3.05, 3.63) is 23.8 Å². The van der Waals surface area contributed by atoms with Gasteiger partial charge in [-0.1, -0.05) is 13.0 Å². The lowest BCUT2D eigenvalue weighted by Crippen LogP contribution is -2.47. The third-order valence-electron chi connectivity index (χ3n) is 3.89. The van der Waals surface area contributed by atoms with Crippen LogP contribution in [-0.4, -0.2) is 39.0 Å². The summed E-state index contributed by atoms with van der Waals surface area (Å²) < 4.78 is 27.8.